The number of fused-ring (bicyclic) bond motifs is 1. The smallest absolute Gasteiger partial charge is 0.231 e. The highest BCUT2D eigenvalue weighted by molar-refractivity contribution is 5.85. The SMILES string of the molecule is [C-]#[N+]c1ccc([C@H](C(=O)N2CCN(c3ncnc4c3[C@H](C)C[C@H]4O)CC2)[C@@H]2CCC(C)(C)N2)cc1F. The molecule has 2 aromatic rings. The molecule has 190 valence electrons. The van der Waals surface area contributed by atoms with Crippen molar-refractivity contribution in [1.82, 2.24) is 20.2 Å². The fourth-order valence-electron chi connectivity index (χ4n) is 6.06. The second-order valence-corrected chi connectivity index (χ2v) is 10.9. The first-order chi connectivity index (χ1) is 17.2. The van der Waals surface area contributed by atoms with Gasteiger partial charge in [0, 0.05) is 43.3 Å². The van der Waals surface area contributed by atoms with Crippen molar-refractivity contribution in [3.05, 3.63) is 58.6 Å². The van der Waals surface area contributed by atoms with Crippen LogP contribution in [0.5, 0.6) is 0 Å². The number of aliphatic hydroxyl groups is 1. The van der Waals surface area contributed by atoms with Crippen LogP contribution < -0.4 is 10.2 Å². The summed E-state index contributed by atoms with van der Waals surface area (Å²) >= 11 is 0. The van der Waals surface area contributed by atoms with Gasteiger partial charge in [-0.2, -0.15) is 0 Å². The highest BCUT2D eigenvalue weighted by Gasteiger charge is 2.41. The van der Waals surface area contributed by atoms with E-state index in [2.05, 4.69) is 45.8 Å². The van der Waals surface area contributed by atoms with Crippen LogP contribution in [-0.4, -0.2) is 63.6 Å². The Labute approximate surface area is 211 Å². The van der Waals surface area contributed by atoms with Crippen molar-refractivity contribution in [1.29, 1.82) is 0 Å². The largest absolute Gasteiger partial charge is 0.387 e. The van der Waals surface area contributed by atoms with E-state index < -0.39 is 17.8 Å². The fraction of sp³-hybridized carbons (Fsp3) is 0.556. The van der Waals surface area contributed by atoms with Crippen LogP contribution in [0.3, 0.4) is 0 Å². The molecule has 1 aromatic carbocycles. The molecule has 0 spiro atoms. The maximum atomic E-state index is 14.6. The summed E-state index contributed by atoms with van der Waals surface area (Å²) < 4.78 is 14.6. The molecular formula is C27H33FN6O2. The van der Waals surface area contributed by atoms with Gasteiger partial charge in [0.25, 0.3) is 0 Å². The van der Waals surface area contributed by atoms with Crippen LogP contribution in [0.4, 0.5) is 15.9 Å². The number of hydrogen-bond donors (Lipinski definition) is 2. The molecule has 0 unspecified atom stereocenters. The van der Waals surface area contributed by atoms with Gasteiger partial charge in [-0.3, -0.25) is 4.79 Å². The minimum absolute atomic E-state index is 0.0171. The monoisotopic (exact) mass is 492 g/mol. The van der Waals surface area contributed by atoms with Gasteiger partial charge in [0.2, 0.25) is 11.6 Å². The van der Waals surface area contributed by atoms with Gasteiger partial charge in [-0.15, -0.1) is 0 Å². The summed E-state index contributed by atoms with van der Waals surface area (Å²) in [5.41, 5.74) is 2.21. The predicted molar refractivity (Wildman–Crippen MR) is 134 cm³/mol. The molecule has 1 aromatic heterocycles. The zero-order valence-electron chi connectivity index (χ0n) is 21.0. The Kier molecular flexibility index (Phi) is 6.43. The van der Waals surface area contributed by atoms with E-state index >= 15 is 0 Å². The second-order valence-electron chi connectivity index (χ2n) is 10.9. The number of carbonyl (C=O) groups is 1. The van der Waals surface area contributed by atoms with E-state index in [1.54, 1.807) is 6.07 Å². The molecule has 1 amide bonds. The first-order valence-electron chi connectivity index (χ1n) is 12.7. The number of benzene rings is 1. The lowest BCUT2D eigenvalue weighted by atomic mass is 9.88. The van der Waals surface area contributed by atoms with Crippen molar-refractivity contribution in [3.63, 3.8) is 0 Å². The van der Waals surface area contributed by atoms with E-state index in [0.29, 0.717) is 43.9 Å². The molecule has 3 aliphatic rings. The van der Waals surface area contributed by atoms with Crippen LogP contribution >= 0.6 is 0 Å². The Morgan fingerprint density at radius 3 is 2.67 bits per heavy atom. The summed E-state index contributed by atoms with van der Waals surface area (Å²) in [6, 6.07) is 4.45. The third-order valence-electron chi connectivity index (χ3n) is 7.95. The quantitative estimate of drug-likeness (QED) is 0.634. The van der Waals surface area contributed by atoms with Crippen LogP contribution in [0.1, 0.15) is 74.8 Å². The van der Waals surface area contributed by atoms with Crippen LogP contribution in [-0.2, 0) is 4.79 Å². The molecule has 8 nitrogen and oxygen atoms in total. The number of hydrogen-bond acceptors (Lipinski definition) is 6. The average Bonchev–Trinajstić information content (AvgIpc) is 3.37. The number of aromatic nitrogens is 2. The summed E-state index contributed by atoms with van der Waals surface area (Å²) in [6.07, 6.45) is 3.36. The number of halogens is 1. The number of amides is 1. The Morgan fingerprint density at radius 2 is 2.03 bits per heavy atom. The molecule has 2 aliphatic heterocycles. The van der Waals surface area contributed by atoms with E-state index in [0.717, 1.165) is 24.2 Å². The molecular weight excluding hydrogens is 459 g/mol. The topological polar surface area (TPSA) is 86.0 Å². The molecule has 5 rings (SSSR count). The summed E-state index contributed by atoms with van der Waals surface area (Å²) in [5.74, 6) is -0.0945. The van der Waals surface area contributed by atoms with Crippen molar-refractivity contribution in [2.45, 2.75) is 69.6 Å². The number of carbonyl (C=O) groups excluding carboxylic acids is 1. The standard InChI is InChI=1S/C27H33FN6O2/c1-16-13-21(35)24-22(16)25(31-15-30-24)33-9-11-34(12-10-33)26(36)23(20-7-8-27(2,3)32-20)17-5-6-19(29-4)18(28)14-17/h5-6,14-16,20-21,23,32,35H,7-13H2,1-3H3/t16-,20+,21-,23+/m1/s1. The molecule has 3 heterocycles. The predicted octanol–water partition coefficient (Wildman–Crippen LogP) is 3.67. The fourth-order valence-corrected chi connectivity index (χ4v) is 6.06. The summed E-state index contributed by atoms with van der Waals surface area (Å²) in [5, 5.41) is 13.9. The molecule has 2 saturated heterocycles. The van der Waals surface area contributed by atoms with Gasteiger partial charge in [0.1, 0.15) is 18.0 Å². The summed E-state index contributed by atoms with van der Waals surface area (Å²) in [7, 11) is 0. The average molecular weight is 493 g/mol. The molecule has 1 aliphatic carbocycles. The van der Waals surface area contributed by atoms with E-state index in [-0.39, 0.29) is 29.1 Å². The minimum atomic E-state index is -0.587. The van der Waals surface area contributed by atoms with Gasteiger partial charge in [0.05, 0.1) is 24.3 Å². The number of anilines is 1. The number of aliphatic hydroxyl groups excluding tert-OH is 1. The zero-order chi connectivity index (χ0) is 25.6. The Morgan fingerprint density at radius 1 is 1.28 bits per heavy atom. The lowest BCUT2D eigenvalue weighted by Gasteiger charge is -2.39. The van der Waals surface area contributed by atoms with E-state index in [4.69, 9.17) is 6.57 Å². The van der Waals surface area contributed by atoms with Gasteiger partial charge in [-0.05, 0) is 50.7 Å². The normalized spacial score (nSPS) is 25.9. The first-order valence-corrected chi connectivity index (χ1v) is 12.7. The molecule has 36 heavy (non-hydrogen) atoms. The lowest BCUT2D eigenvalue weighted by Crippen LogP contribution is -2.53. The molecule has 2 fully saturated rings. The number of piperazine rings is 1. The Hall–Kier alpha value is -3.09. The minimum Gasteiger partial charge on any atom is -0.387 e. The van der Waals surface area contributed by atoms with E-state index in [1.807, 2.05) is 4.90 Å². The van der Waals surface area contributed by atoms with Crippen LogP contribution in [0.2, 0.25) is 0 Å². The first kappa shape index (κ1) is 24.6. The summed E-state index contributed by atoms with van der Waals surface area (Å²) in [6.45, 7) is 15.8. The van der Waals surface area contributed by atoms with Gasteiger partial charge in [-0.1, -0.05) is 19.1 Å². The molecule has 0 bridgehead atoms. The van der Waals surface area contributed by atoms with Crippen molar-refractivity contribution in [3.8, 4) is 0 Å². The third-order valence-corrected chi connectivity index (χ3v) is 7.95. The molecule has 9 heteroatoms. The van der Waals surface area contributed by atoms with Gasteiger partial charge < -0.3 is 20.2 Å². The highest BCUT2D eigenvalue weighted by atomic mass is 19.1. The van der Waals surface area contributed by atoms with Gasteiger partial charge >= 0.3 is 0 Å². The van der Waals surface area contributed by atoms with Crippen molar-refractivity contribution < 1.29 is 14.3 Å². The van der Waals surface area contributed by atoms with E-state index in [9.17, 15) is 14.3 Å². The van der Waals surface area contributed by atoms with Crippen LogP contribution in [0.25, 0.3) is 4.85 Å². The lowest BCUT2D eigenvalue weighted by molar-refractivity contribution is -0.133. The van der Waals surface area contributed by atoms with Gasteiger partial charge in [-0.25, -0.2) is 19.2 Å². The third kappa shape index (κ3) is 4.44. The molecule has 0 saturated carbocycles. The van der Waals surface area contributed by atoms with Crippen LogP contribution in [0, 0.1) is 12.4 Å². The Bertz CT molecular complexity index is 1200. The molecule has 4 atom stereocenters. The van der Waals surface area contributed by atoms with E-state index in [1.165, 1.54) is 18.5 Å². The molecule has 0 radical (unpaired) electrons. The Balaban J connectivity index is 1.36. The summed E-state index contributed by atoms with van der Waals surface area (Å²) in [4.78, 5) is 30.0. The van der Waals surface area contributed by atoms with Crippen molar-refractivity contribution >= 4 is 17.4 Å². The van der Waals surface area contributed by atoms with Crippen molar-refractivity contribution in [2.24, 2.45) is 0 Å². The maximum Gasteiger partial charge on any atom is 0.231 e. The van der Waals surface area contributed by atoms with Gasteiger partial charge in [0.15, 0.2) is 0 Å². The highest BCUT2D eigenvalue weighted by Crippen LogP contribution is 2.43. The second kappa shape index (κ2) is 9.41. The number of nitrogens with zero attached hydrogens (tertiary/aromatic N) is 5. The zero-order valence-corrected chi connectivity index (χ0v) is 21.0. The molecule has 2 N–H and O–H groups in total. The maximum absolute atomic E-state index is 14.6. The van der Waals surface area contributed by atoms with Crippen molar-refractivity contribution in [2.75, 3.05) is 31.1 Å². The number of rotatable bonds is 4. The van der Waals surface area contributed by atoms with Crippen LogP contribution in [0.15, 0.2) is 24.5 Å². The number of nitrogens with one attached hydrogen (secondary N) is 1.